The maximum atomic E-state index is 13.4. The maximum Gasteiger partial charge on any atom is 0.258 e. The van der Waals surface area contributed by atoms with Gasteiger partial charge in [0.1, 0.15) is 0 Å². The molecule has 2 aliphatic heterocycles. The lowest BCUT2D eigenvalue weighted by Gasteiger charge is -2.61. The van der Waals surface area contributed by atoms with E-state index in [1.807, 2.05) is 35.2 Å². The molecule has 4 fully saturated rings. The van der Waals surface area contributed by atoms with E-state index < -0.39 is 0 Å². The highest BCUT2D eigenvalue weighted by molar-refractivity contribution is 6.07. The highest BCUT2D eigenvalue weighted by Gasteiger charge is 2.56. The molecule has 3 aliphatic carbocycles. The molecule has 2 aromatic carbocycles. The first kappa shape index (κ1) is 25.4. The molecule has 5 atom stereocenters. The summed E-state index contributed by atoms with van der Waals surface area (Å²) in [4.78, 5) is 23.2. The largest absolute Gasteiger partial charge is 0.340 e. The minimum absolute atomic E-state index is 0.0754. The fraction of sp³-hybridized carbons (Fsp3) is 0.562. The number of carbonyl (C=O) groups is 1. The van der Waals surface area contributed by atoms with E-state index in [2.05, 4.69) is 61.4 Å². The average molecular weight is 514 g/mol. The van der Waals surface area contributed by atoms with Crippen LogP contribution in [0.4, 0.5) is 11.4 Å². The number of aryl methyl sites for hydroxylation is 1. The zero-order valence-corrected chi connectivity index (χ0v) is 23.4. The van der Waals surface area contributed by atoms with Crippen LogP contribution >= 0.6 is 0 Å². The summed E-state index contributed by atoms with van der Waals surface area (Å²) in [5, 5.41) is 7.23. The summed E-state index contributed by atoms with van der Waals surface area (Å²) >= 11 is 0. The van der Waals surface area contributed by atoms with Crippen molar-refractivity contribution in [1.82, 2.24) is 10.2 Å². The first-order valence-corrected chi connectivity index (χ1v) is 14.6. The van der Waals surface area contributed by atoms with Gasteiger partial charge in [0.25, 0.3) is 5.91 Å². The number of guanidine groups is 1. The lowest BCUT2D eigenvalue weighted by atomic mass is 9.45. The van der Waals surface area contributed by atoms with Crippen molar-refractivity contribution < 1.29 is 4.79 Å². The van der Waals surface area contributed by atoms with Crippen LogP contribution in [-0.4, -0.2) is 55.0 Å². The van der Waals surface area contributed by atoms with Crippen molar-refractivity contribution in [1.29, 1.82) is 0 Å². The molecule has 2 bridgehead atoms. The smallest absolute Gasteiger partial charge is 0.258 e. The number of para-hydroxylation sites is 1. The van der Waals surface area contributed by atoms with Gasteiger partial charge in [0.2, 0.25) is 0 Å². The predicted molar refractivity (Wildman–Crippen MR) is 156 cm³/mol. The van der Waals surface area contributed by atoms with Crippen molar-refractivity contribution >= 4 is 23.2 Å². The number of fused-ring (bicyclic) bond motifs is 3. The Hall–Kier alpha value is -2.86. The molecule has 2 heterocycles. The van der Waals surface area contributed by atoms with Crippen LogP contribution in [-0.2, 0) is 6.42 Å². The van der Waals surface area contributed by atoms with Gasteiger partial charge in [0.05, 0.1) is 6.04 Å². The Kier molecular flexibility index (Phi) is 6.71. The second-order valence-corrected chi connectivity index (χ2v) is 12.7. The maximum absolute atomic E-state index is 13.4. The summed E-state index contributed by atoms with van der Waals surface area (Å²) in [6.45, 7) is 13.2. The van der Waals surface area contributed by atoms with Gasteiger partial charge in [-0.3, -0.25) is 4.79 Å². The standard InChI is InChI=1S/C32H43N5O/c1-21-20-36(17-15-33-21)31(35-28-19-25-18-27(22(28)2)32(25,3)4)34-26-13-11-24(12-14-26)30(38)37-16-7-9-23-8-5-6-10-29(23)37/h5-6,8,10-14,21-22,25,27-28,33H,7,9,15-20H2,1-4H3,(H,34,35)/t21-,22+,25-,27-,28-/m0/s1. The first-order valence-electron chi connectivity index (χ1n) is 14.6. The molecule has 6 nitrogen and oxygen atoms in total. The van der Waals surface area contributed by atoms with Gasteiger partial charge in [0.15, 0.2) is 5.96 Å². The summed E-state index contributed by atoms with van der Waals surface area (Å²) in [6, 6.07) is 17.1. The molecule has 38 heavy (non-hydrogen) atoms. The predicted octanol–water partition coefficient (Wildman–Crippen LogP) is 5.41. The quantitative estimate of drug-likeness (QED) is 0.426. The molecule has 6 heteroatoms. The van der Waals surface area contributed by atoms with Gasteiger partial charge >= 0.3 is 0 Å². The molecule has 2 N–H and O–H groups in total. The minimum atomic E-state index is 0.0754. The van der Waals surface area contributed by atoms with Gasteiger partial charge in [-0.05, 0) is 91.7 Å². The topological polar surface area (TPSA) is 60.0 Å². The zero-order valence-electron chi connectivity index (χ0n) is 23.4. The van der Waals surface area contributed by atoms with Crippen LogP contribution < -0.4 is 15.5 Å². The molecule has 0 radical (unpaired) electrons. The van der Waals surface area contributed by atoms with Crippen molar-refractivity contribution in [2.75, 3.05) is 36.4 Å². The fourth-order valence-corrected chi connectivity index (χ4v) is 7.49. The van der Waals surface area contributed by atoms with E-state index in [4.69, 9.17) is 4.99 Å². The van der Waals surface area contributed by atoms with Crippen LogP contribution in [0.25, 0.3) is 0 Å². The van der Waals surface area contributed by atoms with Gasteiger partial charge in [-0.15, -0.1) is 0 Å². The van der Waals surface area contributed by atoms with Gasteiger partial charge in [-0.1, -0.05) is 39.0 Å². The van der Waals surface area contributed by atoms with Crippen LogP contribution in [0, 0.1) is 23.2 Å². The summed E-state index contributed by atoms with van der Waals surface area (Å²) < 4.78 is 0. The molecule has 3 saturated carbocycles. The van der Waals surface area contributed by atoms with Crippen LogP contribution in [0.2, 0.25) is 0 Å². The first-order chi connectivity index (χ1) is 18.3. The number of aliphatic imine (C=N–C) groups is 1. The Morgan fingerprint density at radius 3 is 2.58 bits per heavy atom. The fourth-order valence-electron chi connectivity index (χ4n) is 7.49. The molecule has 0 spiro atoms. The number of nitrogens with one attached hydrogen (secondary N) is 2. The molecule has 7 rings (SSSR count). The number of benzene rings is 2. The third kappa shape index (κ3) is 4.61. The van der Waals surface area contributed by atoms with E-state index in [0.29, 0.717) is 23.4 Å². The van der Waals surface area contributed by atoms with E-state index in [1.165, 1.54) is 18.4 Å². The molecule has 5 aliphatic rings. The number of amides is 1. The number of carbonyl (C=O) groups excluding carboxylic acids is 1. The molecular formula is C32H43N5O. The Bertz CT molecular complexity index is 1200. The summed E-state index contributed by atoms with van der Waals surface area (Å²) in [5.74, 6) is 3.21. The number of rotatable bonds is 3. The molecule has 2 aromatic rings. The third-order valence-electron chi connectivity index (χ3n) is 10.0. The Morgan fingerprint density at radius 2 is 1.84 bits per heavy atom. The number of hydrogen-bond acceptors (Lipinski definition) is 3. The lowest BCUT2D eigenvalue weighted by molar-refractivity contribution is -0.108. The normalized spacial score (nSPS) is 30.3. The summed E-state index contributed by atoms with van der Waals surface area (Å²) in [5.41, 5.74) is 4.48. The van der Waals surface area contributed by atoms with Crippen LogP contribution in [0.5, 0.6) is 0 Å². The van der Waals surface area contributed by atoms with E-state index in [9.17, 15) is 4.79 Å². The number of nitrogens with zero attached hydrogens (tertiary/aromatic N) is 3. The van der Waals surface area contributed by atoms with Crippen LogP contribution in [0.1, 0.15) is 62.9 Å². The number of anilines is 2. The van der Waals surface area contributed by atoms with Crippen molar-refractivity contribution in [3.8, 4) is 0 Å². The summed E-state index contributed by atoms with van der Waals surface area (Å²) in [6.07, 6.45) is 4.59. The number of hydrogen-bond donors (Lipinski definition) is 2. The van der Waals surface area contributed by atoms with Crippen molar-refractivity contribution in [2.24, 2.45) is 28.2 Å². The van der Waals surface area contributed by atoms with Crippen molar-refractivity contribution in [2.45, 2.75) is 65.5 Å². The molecule has 0 aromatic heterocycles. The van der Waals surface area contributed by atoms with E-state index >= 15 is 0 Å². The monoisotopic (exact) mass is 513 g/mol. The zero-order chi connectivity index (χ0) is 26.4. The second kappa shape index (κ2) is 10.0. The molecular weight excluding hydrogens is 470 g/mol. The second-order valence-electron chi connectivity index (χ2n) is 12.7. The average Bonchev–Trinajstić information content (AvgIpc) is 2.93. The van der Waals surface area contributed by atoms with E-state index in [-0.39, 0.29) is 5.91 Å². The van der Waals surface area contributed by atoms with Gasteiger partial charge in [-0.2, -0.15) is 0 Å². The number of piperazine rings is 1. The highest BCUT2D eigenvalue weighted by Crippen LogP contribution is 2.61. The van der Waals surface area contributed by atoms with Crippen molar-refractivity contribution in [3.63, 3.8) is 0 Å². The van der Waals surface area contributed by atoms with E-state index in [1.54, 1.807) is 0 Å². The molecule has 202 valence electrons. The van der Waals surface area contributed by atoms with E-state index in [0.717, 1.165) is 73.8 Å². The lowest BCUT2D eigenvalue weighted by Crippen LogP contribution is -2.57. The summed E-state index contributed by atoms with van der Waals surface area (Å²) in [7, 11) is 0. The molecule has 1 amide bonds. The highest BCUT2D eigenvalue weighted by atomic mass is 16.2. The Balaban J connectivity index is 1.21. The molecule has 1 saturated heterocycles. The Morgan fingerprint density at radius 1 is 1.05 bits per heavy atom. The molecule has 0 unspecified atom stereocenters. The Labute approximate surface area is 227 Å². The van der Waals surface area contributed by atoms with Gasteiger partial charge in [-0.25, -0.2) is 4.99 Å². The SMILES string of the molecule is C[C@H]1[C@@H](N=C(Nc2ccc(C(=O)N3CCCc4ccccc43)cc2)N2CCN[C@@H](C)C2)C[C@@H]2C[C@@H]1C2(C)C. The minimum Gasteiger partial charge on any atom is -0.340 e. The third-order valence-corrected chi connectivity index (χ3v) is 10.0. The van der Waals surface area contributed by atoms with Gasteiger partial charge < -0.3 is 20.4 Å². The van der Waals surface area contributed by atoms with Crippen LogP contribution in [0.3, 0.4) is 0 Å². The van der Waals surface area contributed by atoms with Crippen LogP contribution in [0.15, 0.2) is 53.5 Å². The van der Waals surface area contributed by atoms with Gasteiger partial charge in [0, 0.05) is 49.2 Å². The van der Waals surface area contributed by atoms with Crippen molar-refractivity contribution in [3.05, 3.63) is 59.7 Å².